The lowest BCUT2D eigenvalue weighted by Crippen LogP contribution is -1.93. The van der Waals surface area contributed by atoms with Gasteiger partial charge in [0.2, 0.25) is 4.77 Å². The normalized spacial score (nSPS) is 11.1. The van der Waals surface area contributed by atoms with Gasteiger partial charge in [-0.25, -0.2) is 10.1 Å². The Labute approximate surface area is 135 Å². The van der Waals surface area contributed by atoms with Crippen molar-refractivity contribution >= 4 is 40.3 Å². The summed E-state index contributed by atoms with van der Waals surface area (Å²) in [6.07, 6.45) is 1.76. The Kier molecular flexibility index (Phi) is 4.08. The number of aliphatic imine (C=N–C) groups is 1. The van der Waals surface area contributed by atoms with Crippen LogP contribution in [0.4, 0.5) is 5.95 Å². The highest BCUT2D eigenvalue weighted by Gasteiger charge is 2.05. The first kappa shape index (κ1) is 13.9. The number of hydrogen-bond donors (Lipinski definition) is 1. The fraction of sp³-hybridized carbons (Fsp3) is 0. The molecule has 6 heteroatoms. The van der Waals surface area contributed by atoms with Crippen molar-refractivity contribution < 1.29 is 0 Å². The molecule has 104 valence electrons. The molecule has 0 aliphatic carbocycles. The fourth-order valence-corrected chi connectivity index (χ4v) is 2.36. The van der Waals surface area contributed by atoms with Crippen LogP contribution < -0.4 is 0 Å². The molecular weight excluding hydrogens is 348 g/mol. The van der Waals surface area contributed by atoms with Crippen molar-refractivity contribution in [1.82, 2.24) is 14.8 Å². The highest BCUT2D eigenvalue weighted by Crippen LogP contribution is 2.17. The highest BCUT2D eigenvalue weighted by molar-refractivity contribution is 9.10. The van der Waals surface area contributed by atoms with Gasteiger partial charge in [0, 0.05) is 10.7 Å². The van der Waals surface area contributed by atoms with Crippen LogP contribution in [0.25, 0.3) is 5.69 Å². The minimum absolute atomic E-state index is 0.518. The summed E-state index contributed by atoms with van der Waals surface area (Å²) in [6, 6.07) is 17.7. The van der Waals surface area contributed by atoms with Crippen LogP contribution in [0, 0.1) is 4.77 Å². The van der Waals surface area contributed by atoms with Gasteiger partial charge in [-0.2, -0.15) is 0 Å². The van der Waals surface area contributed by atoms with Crippen molar-refractivity contribution in [3.63, 3.8) is 0 Å². The second-order valence-corrected chi connectivity index (χ2v) is 5.61. The molecule has 3 aromatic rings. The minimum atomic E-state index is 0.518. The topological polar surface area (TPSA) is 46.0 Å². The van der Waals surface area contributed by atoms with Gasteiger partial charge in [0.15, 0.2) is 0 Å². The number of nitrogens with zero attached hydrogens (tertiary/aromatic N) is 3. The number of H-pyrrole nitrogens is 1. The second kappa shape index (κ2) is 6.15. The van der Waals surface area contributed by atoms with Gasteiger partial charge in [0.1, 0.15) is 0 Å². The lowest BCUT2D eigenvalue weighted by atomic mass is 10.2. The molecule has 0 amide bonds. The van der Waals surface area contributed by atoms with Crippen molar-refractivity contribution in [2.45, 2.75) is 0 Å². The number of aromatic nitrogens is 3. The van der Waals surface area contributed by atoms with Crippen molar-refractivity contribution in [3.8, 4) is 5.69 Å². The van der Waals surface area contributed by atoms with Gasteiger partial charge in [0.05, 0.1) is 5.69 Å². The lowest BCUT2D eigenvalue weighted by molar-refractivity contribution is 1.03. The molecule has 0 atom stereocenters. The molecule has 1 N–H and O–H groups in total. The van der Waals surface area contributed by atoms with E-state index in [1.54, 1.807) is 10.8 Å². The maximum absolute atomic E-state index is 5.27. The molecule has 0 saturated carbocycles. The fourth-order valence-electron chi connectivity index (χ4n) is 1.87. The van der Waals surface area contributed by atoms with Crippen LogP contribution in [0.3, 0.4) is 0 Å². The zero-order chi connectivity index (χ0) is 14.7. The Morgan fingerprint density at radius 3 is 2.52 bits per heavy atom. The van der Waals surface area contributed by atoms with Gasteiger partial charge in [0.25, 0.3) is 5.95 Å². The third-order valence-corrected chi connectivity index (χ3v) is 3.67. The van der Waals surface area contributed by atoms with E-state index in [-0.39, 0.29) is 0 Å². The van der Waals surface area contributed by atoms with E-state index in [0.717, 1.165) is 15.7 Å². The van der Waals surface area contributed by atoms with Crippen LogP contribution in [0.15, 0.2) is 64.1 Å². The Hall–Kier alpha value is -2.05. The van der Waals surface area contributed by atoms with Crippen LogP contribution in [-0.2, 0) is 0 Å². The molecule has 0 aliphatic rings. The van der Waals surface area contributed by atoms with E-state index in [9.17, 15) is 0 Å². The van der Waals surface area contributed by atoms with Gasteiger partial charge in [-0.05, 0) is 42.0 Å². The third kappa shape index (κ3) is 3.17. The summed E-state index contributed by atoms with van der Waals surface area (Å²) < 4.78 is 3.35. The van der Waals surface area contributed by atoms with Crippen molar-refractivity contribution in [2.24, 2.45) is 4.99 Å². The van der Waals surface area contributed by atoms with Gasteiger partial charge in [-0.3, -0.25) is 4.57 Å². The SMILES string of the molecule is S=c1[nH]nc(N=Cc2ccc(Br)cc2)n1-c1ccccc1. The molecule has 3 rings (SSSR count). The van der Waals surface area contributed by atoms with Gasteiger partial charge >= 0.3 is 0 Å². The predicted octanol–water partition coefficient (Wildman–Crippen LogP) is 4.44. The molecule has 4 nitrogen and oxygen atoms in total. The molecule has 0 saturated heterocycles. The number of para-hydroxylation sites is 1. The van der Waals surface area contributed by atoms with Gasteiger partial charge < -0.3 is 0 Å². The summed E-state index contributed by atoms with van der Waals surface area (Å²) in [5.41, 5.74) is 1.92. The average Bonchev–Trinajstić information content (AvgIpc) is 2.88. The first-order valence-corrected chi connectivity index (χ1v) is 7.46. The molecule has 2 aromatic carbocycles. The molecule has 0 spiro atoms. The zero-order valence-corrected chi connectivity index (χ0v) is 13.3. The van der Waals surface area contributed by atoms with E-state index < -0.39 is 0 Å². The summed E-state index contributed by atoms with van der Waals surface area (Å²) in [7, 11) is 0. The largest absolute Gasteiger partial charge is 0.253 e. The minimum Gasteiger partial charge on any atom is -0.253 e. The summed E-state index contributed by atoms with van der Waals surface area (Å²) in [5.74, 6) is 0.522. The first-order valence-electron chi connectivity index (χ1n) is 6.26. The third-order valence-electron chi connectivity index (χ3n) is 2.87. The van der Waals surface area contributed by atoms with E-state index in [1.807, 2.05) is 54.6 Å². The Morgan fingerprint density at radius 1 is 1.10 bits per heavy atom. The summed E-state index contributed by atoms with van der Waals surface area (Å²) in [6.45, 7) is 0. The number of aromatic amines is 1. The monoisotopic (exact) mass is 358 g/mol. The maximum Gasteiger partial charge on any atom is 0.253 e. The molecule has 0 unspecified atom stereocenters. The van der Waals surface area contributed by atoms with E-state index in [4.69, 9.17) is 12.2 Å². The van der Waals surface area contributed by atoms with Crippen LogP contribution in [0.1, 0.15) is 5.56 Å². The van der Waals surface area contributed by atoms with Crippen LogP contribution in [-0.4, -0.2) is 21.0 Å². The van der Waals surface area contributed by atoms with E-state index in [0.29, 0.717) is 10.7 Å². The molecule has 0 aliphatic heterocycles. The van der Waals surface area contributed by atoms with Crippen molar-refractivity contribution in [1.29, 1.82) is 0 Å². The zero-order valence-electron chi connectivity index (χ0n) is 10.9. The van der Waals surface area contributed by atoms with E-state index in [2.05, 4.69) is 31.1 Å². The predicted molar refractivity (Wildman–Crippen MR) is 90.1 cm³/mol. The summed E-state index contributed by atoms with van der Waals surface area (Å²) in [5, 5.41) is 6.94. The molecule has 0 fully saturated rings. The average molecular weight is 359 g/mol. The van der Waals surface area contributed by atoms with Crippen molar-refractivity contribution in [2.75, 3.05) is 0 Å². The maximum atomic E-state index is 5.27. The molecule has 1 aromatic heterocycles. The Bertz CT molecular complexity index is 819. The standard InChI is InChI=1S/C15H11BrN4S/c16-12-8-6-11(7-9-12)10-17-14-18-19-15(21)20(14)13-4-2-1-3-5-13/h1-10H,(H,19,21). The van der Waals surface area contributed by atoms with Crippen molar-refractivity contribution in [3.05, 3.63) is 69.4 Å². The second-order valence-electron chi connectivity index (χ2n) is 4.31. The summed E-state index contributed by atoms with van der Waals surface area (Å²) in [4.78, 5) is 4.42. The number of hydrogen-bond acceptors (Lipinski definition) is 3. The number of nitrogens with one attached hydrogen (secondary N) is 1. The lowest BCUT2D eigenvalue weighted by Gasteiger charge is -2.02. The molecule has 1 heterocycles. The Balaban J connectivity index is 1.97. The Morgan fingerprint density at radius 2 is 1.81 bits per heavy atom. The quantitative estimate of drug-likeness (QED) is 0.555. The van der Waals surface area contributed by atoms with Crippen LogP contribution in [0.2, 0.25) is 0 Å². The van der Waals surface area contributed by atoms with E-state index in [1.165, 1.54) is 0 Å². The highest BCUT2D eigenvalue weighted by atomic mass is 79.9. The summed E-state index contributed by atoms with van der Waals surface area (Å²) >= 11 is 8.67. The number of rotatable bonds is 3. The van der Waals surface area contributed by atoms with Crippen LogP contribution >= 0.6 is 28.1 Å². The van der Waals surface area contributed by atoms with Gasteiger partial charge in [-0.15, -0.1) is 5.10 Å². The molecule has 0 bridgehead atoms. The first-order chi connectivity index (χ1) is 10.2. The van der Waals surface area contributed by atoms with E-state index >= 15 is 0 Å². The van der Waals surface area contributed by atoms with Gasteiger partial charge in [-0.1, -0.05) is 46.3 Å². The number of benzene rings is 2. The molecule has 21 heavy (non-hydrogen) atoms. The molecule has 0 radical (unpaired) electrons. The number of halogens is 1. The van der Waals surface area contributed by atoms with Crippen LogP contribution in [0.5, 0.6) is 0 Å². The smallest absolute Gasteiger partial charge is 0.253 e. The molecular formula is C15H11BrN4S.